The first kappa shape index (κ1) is 14.3. The Balaban J connectivity index is 2.10. The molecule has 0 saturated heterocycles. The molecule has 0 aliphatic rings. The number of nitrogens with zero attached hydrogens (tertiary/aromatic N) is 2. The minimum Gasteiger partial charge on any atom is -0.436 e. The van der Waals surface area contributed by atoms with Gasteiger partial charge in [0.1, 0.15) is 5.52 Å². The van der Waals surface area contributed by atoms with Crippen LogP contribution in [0, 0.1) is 17.0 Å². The Hall–Kier alpha value is -2.69. The highest BCUT2D eigenvalue weighted by Gasteiger charge is 2.15. The van der Waals surface area contributed by atoms with Crippen molar-refractivity contribution >= 4 is 16.8 Å². The molecule has 0 N–H and O–H groups in total. The average Bonchev–Trinajstić information content (AvgIpc) is 2.90. The van der Waals surface area contributed by atoms with Crippen molar-refractivity contribution in [2.24, 2.45) is 0 Å². The van der Waals surface area contributed by atoms with Gasteiger partial charge < -0.3 is 4.42 Å². The smallest absolute Gasteiger partial charge is 0.273 e. The predicted molar refractivity (Wildman–Crippen MR) is 84.9 cm³/mol. The summed E-state index contributed by atoms with van der Waals surface area (Å²) in [6.07, 6.45) is 0. The summed E-state index contributed by atoms with van der Waals surface area (Å²) in [6.45, 7) is 5.94. The molecule has 0 aliphatic carbocycles. The molecule has 3 aromatic rings. The lowest BCUT2D eigenvalue weighted by molar-refractivity contribution is -0.385. The van der Waals surface area contributed by atoms with Gasteiger partial charge in [0.05, 0.1) is 4.92 Å². The van der Waals surface area contributed by atoms with Crippen molar-refractivity contribution < 1.29 is 9.34 Å². The Morgan fingerprint density at radius 3 is 2.64 bits per heavy atom. The molecule has 2 aromatic carbocycles. The molecule has 0 unspecified atom stereocenters. The van der Waals surface area contributed by atoms with Crippen molar-refractivity contribution in [3.05, 3.63) is 57.6 Å². The molecule has 3 rings (SSSR count). The third-order valence-corrected chi connectivity index (χ3v) is 3.73. The van der Waals surface area contributed by atoms with Crippen molar-refractivity contribution in [1.82, 2.24) is 4.98 Å². The molecule has 0 aliphatic heterocycles. The van der Waals surface area contributed by atoms with Gasteiger partial charge in [-0.2, -0.15) is 0 Å². The van der Waals surface area contributed by atoms with Gasteiger partial charge >= 0.3 is 0 Å². The van der Waals surface area contributed by atoms with E-state index in [0.29, 0.717) is 28.5 Å². The lowest BCUT2D eigenvalue weighted by Gasteiger charge is -2.02. The SMILES string of the molecule is Cc1ccc(-c2nc3cc(C(C)C)ccc3o2)cc1[N+](=O)[O-]. The van der Waals surface area contributed by atoms with Gasteiger partial charge in [0, 0.05) is 17.2 Å². The quantitative estimate of drug-likeness (QED) is 0.512. The van der Waals surface area contributed by atoms with Crippen LogP contribution in [0.5, 0.6) is 0 Å². The molecule has 112 valence electrons. The van der Waals surface area contributed by atoms with Crippen LogP contribution in [0.25, 0.3) is 22.6 Å². The molecule has 1 heterocycles. The fourth-order valence-corrected chi connectivity index (χ4v) is 2.37. The summed E-state index contributed by atoms with van der Waals surface area (Å²) < 4.78 is 5.73. The van der Waals surface area contributed by atoms with Gasteiger partial charge in [-0.1, -0.05) is 26.0 Å². The number of oxazole rings is 1. The fraction of sp³-hybridized carbons (Fsp3) is 0.235. The molecule has 5 heteroatoms. The van der Waals surface area contributed by atoms with E-state index in [1.807, 2.05) is 18.2 Å². The molecule has 5 nitrogen and oxygen atoms in total. The topological polar surface area (TPSA) is 69.2 Å². The molecule has 22 heavy (non-hydrogen) atoms. The van der Waals surface area contributed by atoms with Gasteiger partial charge in [0.25, 0.3) is 5.69 Å². The van der Waals surface area contributed by atoms with Gasteiger partial charge in [0.15, 0.2) is 5.58 Å². The summed E-state index contributed by atoms with van der Waals surface area (Å²) in [5, 5.41) is 11.1. The molecular formula is C17H16N2O3. The molecular weight excluding hydrogens is 280 g/mol. The number of hydrogen-bond acceptors (Lipinski definition) is 4. The number of fused-ring (bicyclic) bond motifs is 1. The molecule has 0 saturated carbocycles. The van der Waals surface area contributed by atoms with E-state index in [-0.39, 0.29) is 5.69 Å². The second-order valence-electron chi connectivity index (χ2n) is 5.66. The van der Waals surface area contributed by atoms with Crippen molar-refractivity contribution in [2.75, 3.05) is 0 Å². The second-order valence-corrected chi connectivity index (χ2v) is 5.66. The van der Waals surface area contributed by atoms with E-state index in [0.717, 1.165) is 5.52 Å². The Morgan fingerprint density at radius 2 is 1.95 bits per heavy atom. The number of rotatable bonds is 3. The lowest BCUT2D eigenvalue weighted by atomic mass is 10.0. The van der Waals surface area contributed by atoms with E-state index >= 15 is 0 Å². The summed E-state index contributed by atoms with van der Waals surface area (Å²) in [4.78, 5) is 15.1. The van der Waals surface area contributed by atoms with Crippen LogP contribution in [0.1, 0.15) is 30.9 Å². The zero-order chi connectivity index (χ0) is 15.9. The van der Waals surface area contributed by atoms with E-state index in [2.05, 4.69) is 18.8 Å². The first-order valence-electron chi connectivity index (χ1n) is 7.11. The number of nitro benzene ring substituents is 1. The number of nitro groups is 1. The van der Waals surface area contributed by atoms with Crippen molar-refractivity contribution in [3.63, 3.8) is 0 Å². The van der Waals surface area contributed by atoms with Gasteiger partial charge in [-0.15, -0.1) is 0 Å². The highest BCUT2D eigenvalue weighted by molar-refractivity contribution is 5.77. The van der Waals surface area contributed by atoms with Gasteiger partial charge in [0.2, 0.25) is 5.89 Å². The summed E-state index contributed by atoms with van der Waals surface area (Å²) in [6, 6.07) is 10.9. The molecule has 1 aromatic heterocycles. The van der Waals surface area contributed by atoms with Crippen molar-refractivity contribution in [1.29, 1.82) is 0 Å². The molecule has 0 atom stereocenters. The average molecular weight is 296 g/mol. The van der Waals surface area contributed by atoms with Crippen LogP contribution in [0.15, 0.2) is 40.8 Å². The Bertz CT molecular complexity index is 865. The van der Waals surface area contributed by atoms with Crippen LogP contribution in [0.4, 0.5) is 5.69 Å². The zero-order valence-electron chi connectivity index (χ0n) is 12.7. The van der Waals surface area contributed by atoms with Crippen LogP contribution in [-0.2, 0) is 0 Å². The molecule has 0 radical (unpaired) electrons. The number of aromatic nitrogens is 1. The molecule has 0 bridgehead atoms. The number of aryl methyl sites for hydroxylation is 1. The number of benzene rings is 2. The lowest BCUT2D eigenvalue weighted by Crippen LogP contribution is -1.92. The van der Waals surface area contributed by atoms with E-state index in [1.54, 1.807) is 19.1 Å². The van der Waals surface area contributed by atoms with Crippen molar-refractivity contribution in [2.45, 2.75) is 26.7 Å². The highest BCUT2D eigenvalue weighted by Crippen LogP contribution is 2.30. The first-order valence-corrected chi connectivity index (χ1v) is 7.11. The maximum Gasteiger partial charge on any atom is 0.273 e. The first-order chi connectivity index (χ1) is 10.5. The predicted octanol–water partition coefficient (Wildman–Crippen LogP) is 4.83. The zero-order valence-corrected chi connectivity index (χ0v) is 12.7. The molecule has 0 spiro atoms. The van der Waals surface area contributed by atoms with Crippen LogP contribution < -0.4 is 0 Å². The third kappa shape index (κ3) is 2.45. The van der Waals surface area contributed by atoms with E-state index in [1.165, 1.54) is 11.6 Å². The standard InChI is InChI=1S/C17H16N2O3/c1-10(2)12-6-7-16-14(8-12)18-17(22-16)13-5-4-11(3)15(9-13)19(20)21/h4-10H,1-3H3. The maximum atomic E-state index is 11.1. The van der Waals surface area contributed by atoms with Gasteiger partial charge in [-0.05, 0) is 36.6 Å². The summed E-state index contributed by atoms with van der Waals surface area (Å²) in [5.74, 6) is 0.809. The summed E-state index contributed by atoms with van der Waals surface area (Å²) in [7, 11) is 0. The maximum absolute atomic E-state index is 11.1. The molecule has 0 amide bonds. The Morgan fingerprint density at radius 1 is 1.18 bits per heavy atom. The second kappa shape index (κ2) is 5.26. The van der Waals surface area contributed by atoms with Crippen molar-refractivity contribution in [3.8, 4) is 11.5 Å². The number of hydrogen-bond donors (Lipinski definition) is 0. The van der Waals surface area contributed by atoms with Gasteiger partial charge in [-0.25, -0.2) is 4.98 Å². The van der Waals surface area contributed by atoms with Crippen LogP contribution in [-0.4, -0.2) is 9.91 Å². The van der Waals surface area contributed by atoms with Crippen LogP contribution >= 0.6 is 0 Å². The molecule has 0 fully saturated rings. The normalized spacial score (nSPS) is 11.3. The monoisotopic (exact) mass is 296 g/mol. The van der Waals surface area contributed by atoms with Crippen LogP contribution in [0.2, 0.25) is 0 Å². The third-order valence-electron chi connectivity index (χ3n) is 3.73. The minimum absolute atomic E-state index is 0.0719. The minimum atomic E-state index is -0.391. The van der Waals surface area contributed by atoms with E-state index in [4.69, 9.17) is 4.42 Å². The van der Waals surface area contributed by atoms with Gasteiger partial charge in [-0.3, -0.25) is 10.1 Å². The fourth-order valence-electron chi connectivity index (χ4n) is 2.37. The van der Waals surface area contributed by atoms with E-state index < -0.39 is 4.92 Å². The Kier molecular flexibility index (Phi) is 3.41. The van der Waals surface area contributed by atoms with Crippen LogP contribution in [0.3, 0.4) is 0 Å². The Labute approximate surface area is 127 Å². The van der Waals surface area contributed by atoms with E-state index in [9.17, 15) is 10.1 Å². The summed E-state index contributed by atoms with van der Waals surface area (Å²) >= 11 is 0. The highest BCUT2D eigenvalue weighted by atomic mass is 16.6. The largest absolute Gasteiger partial charge is 0.436 e. The summed E-state index contributed by atoms with van der Waals surface area (Å²) in [5.41, 5.74) is 3.93.